The van der Waals surface area contributed by atoms with E-state index in [1.807, 2.05) is 30.3 Å². The Kier molecular flexibility index (Phi) is 14.9. The lowest BCUT2D eigenvalue weighted by Crippen LogP contribution is -2.70. The lowest BCUT2D eigenvalue weighted by molar-refractivity contribution is -0.384. The zero-order chi connectivity index (χ0) is 45.3. The van der Waals surface area contributed by atoms with E-state index in [0.717, 1.165) is 55.2 Å². The summed E-state index contributed by atoms with van der Waals surface area (Å²) in [6.07, 6.45) is 9.74. The maximum absolute atomic E-state index is 14.6. The number of unbranched alkanes of at least 4 members (excludes halogenated alkanes) is 2. The van der Waals surface area contributed by atoms with E-state index in [1.54, 1.807) is 36.1 Å². The monoisotopic (exact) mass is 897 g/mol. The number of hydrogen-bond acceptors (Lipinski definition) is 14. The second-order valence-corrected chi connectivity index (χ2v) is 17.0. The second kappa shape index (κ2) is 21.1. The van der Waals surface area contributed by atoms with Gasteiger partial charge in [0.05, 0.1) is 42.4 Å². The highest BCUT2D eigenvalue weighted by molar-refractivity contribution is 6.03. The number of rotatable bonds is 20. The van der Waals surface area contributed by atoms with Gasteiger partial charge in [-0.1, -0.05) is 42.3 Å². The van der Waals surface area contributed by atoms with Crippen molar-refractivity contribution in [2.45, 2.75) is 102 Å². The summed E-state index contributed by atoms with van der Waals surface area (Å²) in [5.41, 5.74) is 2.98. The Morgan fingerprint density at radius 3 is 2.57 bits per heavy atom. The van der Waals surface area contributed by atoms with Gasteiger partial charge in [-0.15, -0.1) is 6.58 Å². The molecule has 1 amide bonds. The number of non-ortho nitro benzene ring substituents is 1. The van der Waals surface area contributed by atoms with Crippen molar-refractivity contribution >= 4 is 17.5 Å². The normalized spacial score (nSPS) is 25.6. The molecule has 7 atom stereocenters. The van der Waals surface area contributed by atoms with Gasteiger partial charge in [0.25, 0.3) is 5.69 Å². The summed E-state index contributed by atoms with van der Waals surface area (Å²) >= 11 is 0. The van der Waals surface area contributed by atoms with Crippen molar-refractivity contribution in [2.24, 2.45) is 22.9 Å². The number of benzene rings is 3. The molecular formula is C49H59N3O13. The number of fused-ring (bicyclic) bond motifs is 3. The largest absolute Gasteiger partial charge is 0.459 e. The van der Waals surface area contributed by atoms with Crippen LogP contribution >= 0.6 is 0 Å². The fourth-order valence-corrected chi connectivity index (χ4v) is 10.2. The van der Waals surface area contributed by atoms with Gasteiger partial charge in [-0.25, -0.2) is 4.79 Å². The molecule has 3 aromatic rings. The predicted octanol–water partition coefficient (Wildman–Crippen LogP) is 8.93. The number of nitro benzene ring substituents is 1. The molecule has 0 spiro atoms. The number of oxime groups is 1. The standard InChI is InChI=1S/C49H59N3O13/c1-3-23-62-49-44(51(48(55)58-4-2)30-32-17-19-42-43(25-32)61-31-60-42)29-40(50-65-45-16-7-10-24-59-45)38-26-33(12-5-8-21-53)37(15-6-9-22-54)46(47(38)49)39-28-36(18-20-41(39)64-49)63-35-14-11-13-34(27-35)52(56)57/h3,11,13-14,17-20,25-28,33,37,44-47,53-54H,1,4-10,12,15-16,21-24,29-31H2,2H3/t33-,37+,44-,45?,46+,47+,49+/m0/s1. The first-order chi connectivity index (χ1) is 31.8. The summed E-state index contributed by atoms with van der Waals surface area (Å²) in [4.78, 5) is 33.8. The Bertz CT molecular complexity index is 2230. The zero-order valence-corrected chi connectivity index (χ0v) is 36.8. The Labute approximate surface area is 378 Å². The lowest BCUT2D eigenvalue weighted by atomic mass is 9.55. The molecule has 2 aliphatic carbocycles. The molecule has 0 bridgehead atoms. The number of allylic oxidation sites excluding steroid dienone is 1. The number of aliphatic hydroxyl groups is 2. The number of nitro groups is 1. The number of ether oxygens (including phenoxy) is 7. The van der Waals surface area contributed by atoms with Crippen LogP contribution in [-0.4, -0.2) is 89.8 Å². The van der Waals surface area contributed by atoms with Crippen molar-refractivity contribution in [1.29, 1.82) is 0 Å². The first-order valence-electron chi connectivity index (χ1n) is 22.9. The third kappa shape index (κ3) is 9.95. The molecule has 1 unspecified atom stereocenters. The van der Waals surface area contributed by atoms with Crippen molar-refractivity contribution in [1.82, 2.24) is 4.90 Å². The molecule has 1 saturated carbocycles. The number of carbonyl (C=O) groups excluding carboxylic acids is 1. The summed E-state index contributed by atoms with van der Waals surface area (Å²) < 4.78 is 44.0. The van der Waals surface area contributed by atoms with E-state index in [0.29, 0.717) is 60.3 Å². The van der Waals surface area contributed by atoms with Gasteiger partial charge in [0, 0.05) is 50.1 Å². The molecule has 16 heteroatoms. The third-order valence-corrected chi connectivity index (χ3v) is 13.0. The number of nitrogens with zero attached hydrogens (tertiary/aromatic N) is 3. The van der Waals surface area contributed by atoms with E-state index < -0.39 is 35.1 Å². The number of amides is 1. The molecule has 2 N–H and O–H groups in total. The molecule has 3 aromatic carbocycles. The summed E-state index contributed by atoms with van der Waals surface area (Å²) in [6, 6.07) is 16.3. The molecule has 8 rings (SSSR count). The highest BCUT2D eigenvalue weighted by Gasteiger charge is 2.66. The molecular weight excluding hydrogens is 839 g/mol. The molecule has 0 aromatic heterocycles. The van der Waals surface area contributed by atoms with E-state index in [-0.39, 0.29) is 69.6 Å². The molecule has 65 heavy (non-hydrogen) atoms. The topological polar surface area (TPSA) is 190 Å². The Morgan fingerprint density at radius 2 is 1.80 bits per heavy atom. The summed E-state index contributed by atoms with van der Waals surface area (Å²) in [7, 11) is 0. The van der Waals surface area contributed by atoms with E-state index in [4.69, 9.17) is 43.2 Å². The number of hydrogen-bond donors (Lipinski definition) is 2. The number of aliphatic hydroxyl groups excluding tert-OH is 2. The highest BCUT2D eigenvalue weighted by Crippen LogP contribution is 2.62. The molecule has 0 radical (unpaired) electrons. The van der Waals surface area contributed by atoms with Crippen LogP contribution in [-0.2, 0) is 25.6 Å². The minimum absolute atomic E-state index is 0.0108. The quantitative estimate of drug-likeness (QED) is 0.0474. The van der Waals surface area contributed by atoms with Crippen molar-refractivity contribution in [2.75, 3.05) is 39.8 Å². The lowest BCUT2D eigenvalue weighted by Gasteiger charge is -2.59. The van der Waals surface area contributed by atoms with Gasteiger partial charge in [-0.05, 0) is 105 Å². The van der Waals surface area contributed by atoms with Crippen molar-refractivity contribution in [3.05, 3.63) is 106 Å². The molecule has 5 aliphatic rings. The van der Waals surface area contributed by atoms with Crippen LogP contribution < -0.4 is 18.9 Å². The van der Waals surface area contributed by atoms with Gasteiger partial charge in [0.1, 0.15) is 23.3 Å². The summed E-state index contributed by atoms with van der Waals surface area (Å²) in [6.45, 7) is 6.83. The summed E-state index contributed by atoms with van der Waals surface area (Å²) in [5.74, 6) is -0.107. The third-order valence-electron chi connectivity index (χ3n) is 13.0. The van der Waals surface area contributed by atoms with Gasteiger partial charge in [0.15, 0.2) is 11.5 Å². The highest BCUT2D eigenvalue weighted by atomic mass is 16.8. The van der Waals surface area contributed by atoms with Gasteiger partial charge in [0.2, 0.25) is 18.9 Å². The van der Waals surface area contributed by atoms with Crippen LogP contribution in [0.25, 0.3) is 0 Å². The Hall–Kier alpha value is -5.68. The Balaban J connectivity index is 1.33. The molecule has 3 aliphatic heterocycles. The first-order valence-corrected chi connectivity index (χ1v) is 22.9. The Morgan fingerprint density at radius 1 is 1.00 bits per heavy atom. The average Bonchev–Trinajstić information content (AvgIpc) is 3.79. The van der Waals surface area contributed by atoms with Crippen molar-refractivity contribution in [3.8, 4) is 28.7 Å². The summed E-state index contributed by atoms with van der Waals surface area (Å²) in [5, 5.41) is 36.6. The van der Waals surface area contributed by atoms with Crippen LogP contribution in [0, 0.1) is 27.9 Å². The van der Waals surface area contributed by atoms with Gasteiger partial charge < -0.3 is 48.2 Å². The first kappa shape index (κ1) is 45.9. The fraction of sp³-hybridized carbons (Fsp3) is 0.510. The van der Waals surface area contributed by atoms with Crippen LogP contribution in [0.15, 0.2) is 90.1 Å². The van der Waals surface area contributed by atoms with E-state index in [1.165, 1.54) is 12.1 Å². The fourth-order valence-electron chi connectivity index (χ4n) is 10.2. The van der Waals surface area contributed by atoms with Gasteiger partial charge >= 0.3 is 6.09 Å². The van der Waals surface area contributed by atoms with Crippen LogP contribution in [0.1, 0.15) is 88.2 Å². The van der Waals surface area contributed by atoms with E-state index in [9.17, 15) is 25.1 Å². The van der Waals surface area contributed by atoms with Gasteiger partial charge in [-0.3, -0.25) is 15.0 Å². The smallest absolute Gasteiger partial charge is 0.410 e. The maximum atomic E-state index is 14.6. The molecule has 3 heterocycles. The minimum Gasteiger partial charge on any atom is -0.459 e. The molecule has 2 fully saturated rings. The molecule has 348 valence electrons. The van der Waals surface area contributed by atoms with E-state index >= 15 is 0 Å². The van der Waals surface area contributed by atoms with Crippen LogP contribution in [0.5, 0.6) is 28.7 Å². The van der Waals surface area contributed by atoms with Crippen molar-refractivity contribution < 1.29 is 57.9 Å². The maximum Gasteiger partial charge on any atom is 0.410 e. The predicted molar refractivity (Wildman–Crippen MR) is 238 cm³/mol. The average molecular weight is 898 g/mol. The van der Waals surface area contributed by atoms with Crippen LogP contribution in [0.4, 0.5) is 10.5 Å². The minimum atomic E-state index is -1.55. The van der Waals surface area contributed by atoms with Crippen LogP contribution in [0.3, 0.4) is 0 Å². The zero-order valence-electron chi connectivity index (χ0n) is 36.8. The van der Waals surface area contributed by atoms with Gasteiger partial charge in [-0.2, -0.15) is 0 Å². The van der Waals surface area contributed by atoms with E-state index in [2.05, 4.69) is 12.7 Å². The SMILES string of the molecule is C=CCO[C@@]12Oc3ccc(Oc4cccc([N+](=O)[O-])c4)cc3[C@H]3[C@H](CCCCO)[C@@H](CCCCO)C=C(C(=NOC4CCCCO4)C[C@@H]1N(Cc1ccc4c(c1)OCO4)C(=O)OCC)[C@H]32. The molecule has 1 saturated heterocycles. The van der Waals surface area contributed by atoms with Crippen LogP contribution in [0.2, 0.25) is 0 Å². The molecule has 16 nitrogen and oxygen atoms in total. The van der Waals surface area contributed by atoms with Crippen molar-refractivity contribution in [3.63, 3.8) is 0 Å². The number of carbonyl (C=O) groups is 1. The second-order valence-electron chi connectivity index (χ2n) is 17.0.